The van der Waals surface area contributed by atoms with Gasteiger partial charge in [0, 0.05) is 13.6 Å². The number of aliphatic hydroxyl groups is 1. The lowest BCUT2D eigenvalue weighted by atomic mass is 10.0. The van der Waals surface area contributed by atoms with Crippen LogP contribution in [-0.2, 0) is 11.2 Å². The second-order valence-electron chi connectivity index (χ2n) is 5.16. The van der Waals surface area contributed by atoms with Crippen molar-refractivity contribution in [3.63, 3.8) is 0 Å². The molecule has 0 aliphatic heterocycles. The van der Waals surface area contributed by atoms with Gasteiger partial charge in [-0.1, -0.05) is 38.1 Å². The molecule has 1 atom stereocenters. The van der Waals surface area contributed by atoms with Gasteiger partial charge in [-0.25, -0.2) is 0 Å². The average Bonchev–Trinajstić information content (AvgIpc) is 2.38. The van der Waals surface area contributed by atoms with Gasteiger partial charge in [-0.2, -0.15) is 0 Å². The minimum Gasteiger partial charge on any atom is -0.387 e. The third-order valence-electron chi connectivity index (χ3n) is 2.91. The van der Waals surface area contributed by atoms with Gasteiger partial charge in [-0.05, 0) is 23.5 Å². The molecule has 1 amide bonds. The van der Waals surface area contributed by atoms with E-state index in [2.05, 4.69) is 36.6 Å². The molecule has 1 rings (SSSR count). The summed E-state index contributed by atoms with van der Waals surface area (Å²) in [6.07, 6.45) is 0.462. The number of hydrogen-bond donors (Lipinski definition) is 3. The standard InChI is InChI=1S/C15H24N2O2/c1-11(2)8-12-4-6-13(7-5-12)14(18)9-17-10-15(19)16-3/h4-7,11,14,17-18H,8-10H2,1-3H3,(H,16,19). The van der Waals surface area contributed by atoms with Crippen molar-refractivity contribution in [3.8, 4) is 0 Å². The smallest absolute Gasteiger partial charge is 0.233 e. The van der Waals surface area contributed by atoms with Crippen LogP contribution in [0.4, 0.5) is 0 Å². The second-order valence-corrected chi connectivity index (χ2v) is 5.16. The predicted octanol–water partition coefficient (Wildman–Crippen LogP) is 1.25. The number of likely N-dealkylation sites (N-methyl/N-ethyl adjacent to an activating group) is 1. The Balaban J connectivity index is 2.44. The molecule has 0 radical (unpaired) electrons. The van der Waals surface area contributed by atoms with Gasteiger partial charge < -0.3 is 15.7 Å². The number of amides is 1. The fraction of sp³-hybridized carbons (Fsp3) is 0.533. The molecular formula is C15H24N2O2. The molecule has 0 aliphatic carbocycles. The lowest BCUT2D eigenvalue weighted by molar-refractivity contribution is -0.119. The predicted molar refractivity (Wildman–Crippen MR) is 76.9 cm³/mol. The van der Waals surface area contributed by atoms with Crippen molar-refractivity contribution in [2.75, 3.05) is 20.1 Å². The van der Waals surface area contributed by atoms with Crippen molar-refractivity contribution in [1.82, 2.24) is 10.6 Å². The molecular weight excluding hydrogens is 240 g/mol. The Hall–Kier alpha value is -1.39. The van der Waals surface area contributed by atoms with Crippen molar-refractivity contribution in [3.05, 3.63) is 35.4 Å². The fourth-order valence-electron chi connectivity index (χ4n) is 1.88. The molecule has 0 fully saturated rings. The Morgan fingerprint density at radius 3 is 2.42 bits per heavy atom. The SMILES string of the molecule is CNC(=O)CNCC(O)c1ccc(CC(C)C)cc1. The van der Waals surface area contributed by atoms with Gasteiger partial charge in [0.15, 0.2) is 0 Å². The molecule has 1 aromatic carbocycles. The first-order chi connectivity index (χ1) is 9.02. The maximum Gasteiger partial charge on any atom is 0.233 e. The molecule has 0 aromatic heterocycles. The first kappa shape index (κ1) is 15.7. The van der Waals surface area contributed by atoms with E-state index in [9.17, 15) is 9.90 Å². The monoisotopic (exact) mass is 264 g/mol. The number of nitrogens with one attached hydrogen (secondary N) is 2. The van der Waals surface area contributed by atoms with Crippen molar-refractivity contribution >= 4 is 5.91 Å². The number of aliphatic hydroxyl groups excluding tert-OH is 1. The zero-order valence-corrected chi connectivity index (χ0v) is 11.9. The highest BCUT2D eigenvalue weighted by Crippen LogP contribution is 2.15. The molecule has 0 bridgehead atoms. The fourth-order valence-corrected chi connectivity index (χ4v) is 1.88. The van der Waals surface area contributed by atoms with Gasteiger partial charge in [0.1, 0.15) is 0 Å². The number of carbonyl (C=O) groups is 1. The Labute approximate surface area is 115 Å². The Morgan fingerprint density at radius 2 is 1.89 bits per heavy atom. The van der Waals surface area contributed by atoms with E-state index < -0.39 is 6.10 Å². The van der Waals surface area contributed by atoms with E-state index in [0.29, 0.717) is 12.5 Å². The van der Waals surface area contributed by atoms with Crippen LogP contribution in [-0.4, -0.2) is 31.2 Å². The van der Waals surface area contributed by atoms with E-state index in [1.54, 1.807) is 7.05 Å². The summed E-state index contributed by atoms with van der Waals surface area (Å²) in [5, 5.41) is 15.4. The Morgan fingerprint density at radius 1 is 1.26 bits per heavy atom. The topological polar surface area (TPSA) is 61.4 Å². The summed E-state index contributed by atoms with van der Waals surface area (Å²) < 4.78 is 0. The Kier molecular flexibility index (Phi) is 6.53. The third kappa shape index (κ3) is 5.85. The normalized spacial score (nSPS) is 12.5. The maximum atomic E-state index is 11.0. The van der Waals surface area contributed by atoms with Crippen LogP contribution in [0, 0.1) is 5.92 Å². The van der Waals surface area contributed by atoms with E-state index >= 15 is 0 Å². The highest BCUT2D eigenvalue weighted by atomic mass is 16.3. The van der Waals surface area contributed by atoms with Crippen LogP contribution in [0.2, 0.25) is 0 Å². The van der Waals surface area contributed by atoms with Crippen molar-refractivity contribution in [1.29, 1.82) is 0 Å². The van der Waals surface area contributed by atoms with Gasteiger partial charge in [0.2, 0.25) is 5.91 Å². The van der Waals surface area contributed by atoms with Crippen LogP contribution in [0.3, 0.4) is 0 Å². The van der Waals surface area contributed by atoms with Gasteiger partial charge in [0.25, 0.3) is 0 Å². The van der Waals surface area contributed by atoms with E-state index in [4.69, 9.17) is 0 Å². The number of rotatable bonds is 7. The number of hydrogen-bond acceptors (Lipinski definition) is 3. The Bertz CT molecular complexity index is 388. The highest BCUT2D eigenvalue weighted by Gasteiger charge is 2.08. The summed E-state index contributed by atoms with van der Waals surface area (Å²) in [6, 6.07) is 8.00. The maximum absolute atomic E-state index is 11.0. The molecule has 0 saturated heterocycles. The molecule has 0 spiro atoms. The first-order valence-electron chi connectivity index (χ1n) is 6.71. The summed E-state index contributed by atoms with van der Waals surface area (Å²) in [5.41, 5.74) is 2.15. The van der Waals surface area contributed by atoms with Crippen LogP contribution in [0.5, 0.6) is 0 Å². The van der Waals surface area contributed by atoms with Gasteiger partial charge in [-0.15, -0.1) is 0 Å². The summed E-state index contributed by atoms with van der Waals surface area (Å²) in [7, 11) is 1.59. The summed E-state index contributed by atoms with van der Waals surface area (Å²) in [4.78, 5) is 11.0. The molecule has 1 unspecified atom stereocenters. The van der Waals surface area contributed by atoms with Crippen LogP contribution in [0.1, 0.15) is 31.1 Å². The molecule has 1 aromatic rings. The number of benzene rings is 1. The third-order valence-corrected chi connectivity index (χ3v) is 2.91. The van der Waals surface area contributed by atoms with Gasteiger partial charge in [-0.3, -0.25) is 4.79 Å². The minimum atomic E-state index is -0.585. The molecule has 4 heteroatoms. The first-order valence-corrected chi connectivity index (χ1v) is 6.71. The van der Waals surface area contributed by atoms with Crippen LogP contribution < -0.4 is 10.6 Å². The van der Waals surface area contributed by atoms with Gasteiger partial charge in [0.05, 0.1) is 12.6 Å². The summed E-state index contributed by atoms with van der Waals surface area (Å²) in [5.74, 6) is 0.546. The lowest BCUT2D eigenvalue weighted by Crippen LogP contribution is -2.33. The zero-order valence-electron chi connectivity index (χ0n) is 11.9. The summed E-state index contributed by atoms with van der Waals surface area (Å²) >= 11 is 0. The van der Waals surface area contributed by atoms with Crippen LogP contribution in [0.25, 0.3) is 0 Å². The molecule has 3 N–H and O–H groups in total. The number of carbonyl (C=O) groups excluding carboxylic acids is 1. The van der Waals surface area contributed by atoms with E-state index in [1.807, 2.05) is 12.1 Å². The van der Waals surface area contributed by atoms with E-state index in [1.165, 1.54) is 5.56 Å². The molecule has 0 aliphatic rings. The molecule has 19 heavy (non-hydrogen) atoms. The summed E-state index contributed by atoms with van der Waals surface area (Å²) in [6.45, 7) is 4.97. The molecule has 4 nitrogen and oxygen atoms in total. The minimum absolute atomic E-state index is 0.0838. The zero-order chi connectivity index (χ0) is 14.3. The van der Waals surface area contributed by atoms with Crippen molar-refractivity contribution in [2.24, 2.45) is 5.92 Å². The molecule has 0 saturated carbocycles. The molecule has 106 valence electrons. The highest BCUT2D eigenvalue weighted by molar-refractivity contribution is 5.77. The average molecular weight is 264 g/mol. The van der Waals surface area contributed by atoms with Crippen molar-refractivity contribution in [2.45, 2.75) is 26.4 Å². The van der Waals surface area contributed by atoms with E-state index in [0.717, 1.165) is 12.0 Å². The molecule has 0 heterocycles. The van der Waals surface area contributed by atoms with Gasteiger partial charge >= 0.3 is 0 Å². The lowest BCUT2D eigenvalue weighted by Gasteiger charge is -2.13. The largest absolute Gasteiger partial charge is 0.387 e. The van der Waals surface area contributed by atoms with Crippen LogP contribution in [0.15, 0.2) is 24.3 Å². The quantitative estimate of drug-likeness (QED) is 0.694. The van der Waals surface area contributed by atoms with Crippen molar-refractivity contribution < 1.29 is 9.90 Å². The second kappa shape index (κ2) is 7.92. The van der Waals surface area contributed by atoms with Crippen LogP contribution >= 0.6 is 0 Å². The van der Waals surface area contributed by atoms with E-state index in [-0.39, 0.29) is 12.5 Å².